The van der Waals surface area contributed by atoms with E-state index in [-0.39, 0.29) is 23.9 Å². The van der Waals surface area contributed by atoms with Crippen molar-refractivity contribution in [2.45, 2.75) is 64.3 Å². The molecule has 0 unspecified atom stereocenters. The zero-order valence-electron chi connectivity index (χ0n) is 21.7. The zero-order valence-corrected chi connectivity index (χ0v) is 21.7. The molecule has 3 heterocycles. The van der Waals surface area contributed by atoms with Crippen LogP contribution in [-0.2, 0) is 34.1 Å². The molecule has 0 saturated carbocycles. The van der Waals surface area contributed by atoms with Crippen LogP contribution in [-0.4, -0.2) is 56.6 Å². The fourth-order valence-electron chi connectivity index (χ4n) is 4.14. The van der Waals surface area contributed by atoms with Gasteiger partial charge in [0.25, 0.3) is 0 Å². The maximum Gasteiger partial charge on any atom is 0.435 e. The molecule has 0 atom stereocenters. The van der Waals surface area contributed by atoms with Gasteiger partial charge in [-0.2, -0.15) is 13.2 Å². The fourth-order valence-corrected chi connectivity index (χ4v) is 4.14. The van der Waals surface area contributed by atoms with Crippen LogP contribution in [0.25, 0.3) is 5.65 Å². The molecular weight excluding hydrogens is 507 g/mol. The minimum absolute atomic E-state index is 0.0891. The molecule has 1 aromatic carbocycles. The molecule has 0 radical (unpaired) electrons. The average Bonchev–Trinajstić information content (AvgIpc) is 3.23. The number of aliphatic carboxylic acids is 1. The Morgan fingerprint density at radius 3 is 2.29 bits per heavy atom. The molecule has 1 aliphatic heterocycles. The molecule has 9 nitrogen and oxygen atoms in total. The Bertz CT molecular complexity index is 1340. The Morgan fingerprint density at radius 2 is 1.76 bits per heavy atom. The van der Waals surface area contributed by atoms with Gasteiger partial charge < -0.3 is 19.7 Å². The van der Waals surface area contributed by atoms with Gasteiger partial charge in [-0.25, -0.2) is 19.0 Å². The highest BCUT2D eigenvalue weighted by molar-refractivity contribution is 5.75. The molecule has 0 bridgehead atoms. The second kappa shape index (κ2) is 11.6. The highest BCUT2D eigenvalue weighted by Crippen LogP contribution is 2.32. The van der Waals surface area contributed by atoms with E-state index in [0.29, 0.717) is 17.7 Å². The van der Waals surface area contributed by atoms with E-state index in [4.69, 9.17) is 14.6 Å². The van der Waals surface area contributed by atoms with Gasteiger partial charge in [-0.05, 0) is 58.1 Å². The molecule has 2 N–H and O–H groups in total. The van der Waals surface area contributed by atoms with Crippen molar-refractivity contribution >= 4 is 11.6 Å². The number of aliphatic hydroxyl groups excluding tert-OH is 1. The van der Waals surface area contributed by atoms with Gasteiger partial charge in [-0.3, -0.25) is 4.57 Å². The molecule has 0 aliphatic carbocycles. The van der Waals surface area contributed by atoms with E-state index in [9.17, 15) is 27.9 Å². The molecule has 208 valence electrons. The maximum absolute atomic E-state index is 13.5. The summed E-state index contributed by atoms with van der Waals surface area (Å²) in [5, 5.41) is 18.4. The Labute approximate surface area is 217 Å². The van der Waals surface area contributed by atoms with E-state index in [2.05, 4.69) is 4.98 Å². The van der Waals surface area contributed by atoms with E-state index < -0.39 is 29.1 Å². The lowest BCUT2D eigenvalue weighted by atomic mass is 10.0. The van der Waals surface area contributed by atoms with Gasteiger partial charge in [-0.15, -0.1) is 0 Å². The van der Waals surface area contributed by atoms with Gasteiger partial charge in [0.05, 0.1) is 18.9 Å². The predicted molar refractivity (Wildman–Crippen MR) is 133 cm³/mol. The quantitative estimate of drug-likeness (QED) is 0.492. The van der Waals surface area contributed by atoms with E-state index in [1.54, 1.807) is 12.1 Å². The number of fused-ring (bicyclic) bond motifs is 1. The summed E-state index contributed by atoms with van der Waals surface area (Å²) in [6.45, 7) is 5.24. The van der Waals surface area contributed by atoms with Crippen LogP contribution in [0.15, 0.2) is 35.3 Å². The van der Waals surface area contributed by atoms with Gasteiger partial charge in [0, 0.05) is 25.0 Å². The summed E-state index contributed by atoms with van der Waals surface area (Å²) in [7, 11) is 1.51. The van der Waals surface area contributed by atoms with Crippen molar-refractivity contribution in [2.24, 2.45) is 0 Å². The van der Waals surface area contributed by atoms with Crippen molar-refractivity contribution in [3.05, 3.63) is 63.5 Å². The van der Waals surface area contributed by atoms with Gasteiger partial charge >= 0.3 is 17.8 Å². The van der Waals surface area contributed by atoms with Crippen molar-refractivity contribution in [1.29, 1.82) is 0 Å². The standard InChI is InChI=1S/C21H22F3N3O4.C5H10O2/c1-12-16(21(22,23)24)25-17-14(10-9-13-7-5-6-8-15(13)31-4)11-26(19(30)27(12)17)20(2,3)18(28)29;6-5-1-3-7-4-2-5/h5-8,11H,9-10H2,1-4H3,(H,28,29);5-6H,1-4H2. The number of imidazole rings is 1. The van der Waals surface area contributed by atoms with Crippen molar-refractivity contribution in [3.63, 3.8) is 0 Å². The van der Waals surface area contributed by atoms with E-state index in [1.807, 2.05) is 12.1 Å². The second-order valence-electron chi connectivity index (χ2n) is 9.53. The van der Waals surface area contributed by atoms with E-state index in [0.717, 1.165) is 47.5 Å². The smallest absolute Gasteiger partial charge is 0.435 e. The highest BCUT2D eigenvalue weighted by atomic mass is 19.4. The maximum atomic E-state index is 13.5. The van der Waals surface area contributed by atoms with Crippen LogP contribution < -0.4 is 10.4 Å². The number of hydrogen-bond acceptors (Lipinski definition) is 6. The van der Waals surface area contributed by atoms with Gasteiger partial charge in [0.15, 0.2) is 5.69 Å². The lowest BCUT2D eigenvalue weighted by Gasteiger charge is -2.24. The highest BCUT2D eigenvalue weighted by Gasteiger charge is 2.39. The first-order valence-electron chi connectivity index (χ1n) is 12.1. The number of aromatic nitrogens is 3. The number of ether oxygens (including phenoxy) is 2. The molecule has 1 aliphatic rings. The molecule has 3 aromatic rings. The Kier molecular flexibility index (Phi) is 8.88. The zero-order chi connectivity index (χ0) is 28.3. The molecule has 12 heteroatoms. The average molecular weight is 540 g/mol. The Balaban J connectivity index is 0.000000494. The van der Waals surface area contributed by atoms with Crippen LogP contribution in [0.5, 0.6) is 5.75 Å². The van der Waals surface area contributed by atoms with Gasteiger partial charge in [0.2, 0.25) is 0 Å². The van der Waals surface area contributed by atoms with Gasteiger partial charge in [0.1, 0.15) is 16.9 Å². The van der Waals surface area contributed by atoms with E-state index >= 15 is 0 Å². The summed E-state index contributed by atoms with van der Waals surface area (Å²) in [5.74, 6) is -0.674. The fraction of sp³-hybridized carbons (Fsp3) is 0.500. The van der Waals surface area contributed by atoms with E-state index in [1.165, 1.54) is 27.2 Å². The first-order valence-corrected chi connectivity index (χ1v) is 12.1. The molecule has 1 saturated heterocycles. The number of halogens is 3. The molecule has 0 amide bonds. The largest absolute Gasteiger partial charge is 0.496 e. The number of carboxylic acids is 1. The van der Waals surface area contributed by atoms with Gasteiger partial charge in [-0.1, -0.05) is 18.2 Å². The first kappa shape index (κ1) is 29.2. The van der Waals surface area contributed by atoms with Crippen molar-refractivity contribution < 1.29 is 37.7 Å². The normalized spacial score (nSPS) is 14.7. The number of carbonyl (C=O) groups is 1. The summed E-state index contributed by atoms with van der Waals surface area (Å²) >= 11 is 0. The summed E-state index contributed by atoms with van der Waals surface area (Å²) < 4.78 is 52.5. The summed E-state index contributed by atoms with van der Waals surface area (Å²) in [6, 6.07) is 7.19. The number of aliphatic hydroxyl groups is 1. The number of benzene rings is 1. The summed E-state index contributed by atoms with van der Waals surface area (Å²) in [5.41, 5.74) is -3.14. The summed E-state index contributed by atoms with van der Waals surface area (Å²) in [6.07, 6.45) is -1.32. The molecule has 0 spiro atoms. The number of nitrogens with zero attached hydrogens (tertiary/aromatic N) is 3. The number of rotatable bonds is 6. The Hall–Kier alpha value is -3.38. The van der Waals surface area contributed by atoms with Crippen LogP contribution >= 0.6 is 0 Å². The van der Waals surface area contributed by atoms with Crippen molar-refractivity contribution in [1.82, 2.24) is 14.0 Å². The van der Waals surface area contributed by atoms with Crippen LogP contribution in [0.3, 0.4) is 0 Å². The number of hydrogen-bond donors (Lipinski definition) is 2. The molecule has 4 rings (SSSR count). The third-order valence-corrected chi connectivity index (χ3v) is 6.52. The number of aryl methyl sites for hydroxylation is 3. The van der Waals surface area contributed by atoms with Crippen molar-refractivity contribution in [3.8, 4) is 5.75 Å². The number of alkyl halides is 3. The molecule has 1 fully saturated rings. The monoisotopic (exact) mass is 539 g/mol. The lowest BCUT2D eigenvalue weighted by molar-refractivity contribution is -0.146. The number of methoxy groups -OCH3 is 1. The predicted octanol–water partition coefficient (Wildman–Crippen LogP) is 3.59. The van der Waals surface area contributed by atoms with Crippen LogP contribution in [0.4, 0.5) is 13.2 Å². The van der Waals surface area contributed by atoms with Crippen LogP contribution in [0, 0.1) is 6.92 Å². The van der Waals surface area contributed by atoms with Crippen molar-refractivity contribution in [2.75, 3.05) is 20.3 Å². The second-order valence-corrected chi connectivity index (χ2v) is 9.53. The minimum Gasteiger partial charge on any atom is -0.496 e. The third kappa shape index (κ3) is 6.18. The molecule has 38 heavy (non-hydrogen) atoms. The first-order chi connectivity index (χ1) is 17.8. The molecule has 2 aromatic heterocycles. The summed E-state index contributed by atoms with van der Waals surface area (Å²) in [4.78, 5) is 28.5. The third-order valence-electron chi connectivity index (χ3n) is 6.52. The SMILES string of the molecule is COc1ccccc1CCc1cn(C(C)(C)C(=O)O)c(=O)n2c(C)c(C(F)(F)F)nc12.OC1CCOCC1. The lowest BCUT2D eigenvalue weighted by Crippen LogP contribution is -2.45. The van der Waals surface area contributed by atoms with Crippen LogP contribution in [0.2, 0.25) is 0 Å². The number of carboxylic acid groups (broad SMARTS) is 1. The topological polar surface area (TPSA) is 115 Å². The Morgan fingerprint density at radius 1 is 1.16 bits per heavy atom. The van der Waals surface area contributed by atoms with Crippen LogP contribution in [0.1, 0.15) is 49.2 Å². The number of para-hydroxylation sites is 1. The molecular formula is C26H32F3N3O6. The minimum atomic E-state index is -4.75.